The van der Waals surface area contributed by atoms with Crippen molar-refractivity contribution in [3.63, 3.8) is 0 Å². The molecule has 170 valence electrons. The molecule has 6 nitrogen and oxygen atoms in total. The van der Waals surface area contributed by atoms with E-state index in [0.29, 0.717) is 6.54 Å². The highest BCUT2D eigenvalue weighted by molar-refractivity contribution is 7.16. The summed E-state index contributed by atoms with van der Waals surface area (Å²) >= 11 is 1.62. The van der Waals surface area contributed by atoms with Crippen molar-refractivity contribution in [1.29, 1.82) is 0 Å². The average Bonchev–Trinajstić information content (AvgIpc) is 3.15. The van der Waals surface area contributed by atoms with Gasteiger partial charge in [0.15, 0.2) is 0 Å². The summed E-state index contributed by atoms with van der Waals surface area (Å²) in [6, 6.07) is 6.08. The molecule has 0 bridgehead atoms. The monoisotopic (exact) mass is 444 g/mol. The first-order chi connectivity index (χ1) is 14.6. The van der Waals surface area contributed by atoms with Crippen LogP contribution in [0.2, 0.25) is 0 Å². The number of carbonyl (C=O) groups is 1. The van der Waals surface area contributed by atoms with Crippen LogP contribution in [0.5, 0.6) is 0 Å². The number of nitrogens with zero attached hydrogens (tertiary/aromatic N) is 3. The third-order valence-corrected chi connectivity index (χ3v) is 5.63. The highest BCUT2D eigenvalue weighted by Crippen LogP contribution is 2.22. The first-order valence-electron chi connectivity index (χ1n) is 10.8. The maximum atomic E-state index is 12.8. The number of amides is 1. The second-order valence-electron chi connectivity index (χ2n) is 8.68. The first-order valence-corrected chi connectivity index (χ1v) is 11.7. The summed E-state index contributed by atoms with van der Waals surface area (Å²) in [5.41, 5.74) is 3.99. The molecule has 31 heavy (non-hydrogen) atoms. The topological polar surface area (TPSA) is 57.7 Å². The minimum Gasteiger partial charge on any atom is -0.444 e. The van der Waals surface area contributed by atoms with Crippen molar-refractivity contribution < 1.29 is 9.53 Å². The summed E-state index contributed by atoms with van der Waals surface area (Å²) in [5.74, 6) is 0. The predicted octanol–water partition coefficient (Wildman–Crippen LogP) is 6.44. The normalized spacial score (nSPS) is 12.7. The molecule has 1 N–H and O–H groups in total. The Morgan fingerprint density at radius 3 is 2.77 bits per heavy atom. The lowest BCUT2D eigenvalue weighted by Gasteiger charge is -2.36. The summed E-state index contributed by atoms with van der Waals surface area (Å²) in [7, 11) is 1.95. The lowest BCUT2D eigenvalue weighted by molar-refractivity contribution is 0.00310. The number of allylic oxidation sites excluding steroid dienone is 1. The zero-order chi connectivity index (χ0) is 23.0. The summed E-state index contributed by atoms with van der Waals surface area (Å²) in [6.45, 7) is 14.6. The van der Waals surface area contributed by atoms with Gasteiger partial charge in [0.05, 0.1) is 15.7 Å². The van der Waals surface area contributed by atoms with Gasteiger partial charge >= 0.3 is 6.09 Å². The maximum absolute atomic E-state index is 12.8. The van der Waals surface area contributed by atoms with Gasteiger partial charge in [-0.1, -0.05) is 26.3 Å². The van der Waals surface area contributed by atoms with Crippen molar-refractivity contribution >= 4 is 33.3 Å². The van der Waals surface area contributed by atoms with Crippen LogP contribution in [-0.2, 0) is 4.74 Å². The van der Waals surface area contributed by atoms with Gasteiger partial charge in [0, 0.05) is 31.2 Å². The molecule has 2 rings (SSSR count). The van der Waals surface area contributed by atoms with E-state index in [1.54, 1.807) is 16.2 Å². The molecule has 1 aromatic heterocycles. The van der Waals surface area contributed by atoms with E-state index in [1.807, 2.05) is 69.6 Å². The van der Waals surface area contributed by atoms with E-state index < -0.39 is 5.60 Å². The Morgan fingerprint density at radius 2 is 2.10 bits per heavy atom. The molecule has 1 aromatic carbocycles. The Bertz CT molecular complexity index is 900. The predicted molar refractivity (Wildman–Crippen MR) is 131 cm³/mol. The van der Waals surface area contributed by atoms with E-state index in [0.717, 1.165) is 40.9 Å². The van der Waals surface area contributed by atoms with Gasteiger partial charge in [-0.15, -0.1) is 11.3 Å². The number of benzene rings is 1. The molecule has 0 aliphatic carbocycles. The van der Waals surface area contributed by atoms with E-state index in [9.17, 15) is 4.79 Å². The minimum atomic E-state index is -0.523. The van der Waals surface area contributed by atoms with Crippen LogP contribution in [-0.4, -0.2) is 46.2 Å². The third-order valence-electron chi connectivity index (χ3n) is 4.82. The smallest absolute Gasteiger partial charge is 0.411 e. The Balaban J connectivity index is 2.00. The SMILES string of the molecule is C=C(/C=C\N(C)C(C)N(CCCCC)C(=O)OC(C)(C)C)Nc1ccc2scnc2c1. The molecule has 1 atom stereocenters. The van der Waals surface area contributed by atoms with E-state index in [1.165, 1.54) is 0 Å². The Labute approximate surface area is 190 Å². The van der Waals surface area contributed by atoms with Crippen LogP contribution in [0.25, 0.3) is 10.2 Å². The van der Waals surface area contributed by atoms with Crippen LogP contribution in [0.15, 0.2) is 48.3 Å². The number of nitrogens with one attached hydrogen (secondary N) is 1. The number of rotatable bonds is 10. The molecule has 1 unspecified atom stereocenters. The molecule has 0 spiro atoms. The Morgan fingerprint density at radius 1 is 1.35 bits per heavy atom. The molecule has 0 aliphatic rings. The van der Waals surface area contributed by atoms with Gasteiger partial charge in [-0.3, -0.25) is 4.90 Å². The number of hydrogen-bond donors (Lipinski definition) is 1. The zero-order valence-electron chi connectivity index (χ0n) is 19.6. The highest BCUT2D eigenvalue weighted by Gasteiger charge is 2.26. The molecular weight excluding hydrogens is 408 g/mol. The molecule has 7 heteroatoms. The molecule has 2 aromatic rings. The molecular formula is C24H36N4O2S. The van der Waals surface area contributed by atoms with Crippen molar-refractivity contribution in [2.45, 2.75) is 65.6 Å². The molecule has 1 amide bonds. The van der Waals surface area contributed by atoms with Crippen LogP contribution >= 0.6 is 11.3 Å². The lowest BCUT2D eigenvalue weighted by atomic mass is 10.2. The van der Waals surface area contributed by atoms with E-state index in [-0.39, 0.29) is 12.3 Å². The number of ether oxygens (including phenoxy) is 1. The fourth-order valence-corrected chi connectivity index (χ4v) is 3.66. The maximum Gasteiger partial charge on any atom is 0.411 e. The van der Waals surface area contributed by atoms with Gasteiger partial charge < -0.3 is 15.0 Å². The number of hydrogen-bond acceptors (Lipinski definition) is 6. The van der Waals surface area contributed by atoms with Crippen molar-refractivity contribution in [2.75, 3.05) is 18.9 Å². The summed E-state index contributed by atoms with van der Waals surface area (Å²) in [4.78, 5) is 20.9. The van der Waals surface area contributed by atoms with Crippen LogP contribution in [0.3, 0.4) is 0 Å². The molecule has 0 radical (unpaired) electrons. The van der Waals surface area contributed by atoms with Crippen LogP contribution in [0.4, 0.5) is 10.5 Å². The Kier molecular flexibility index (Phi) is 8.92. The number of thiazole rings is 1. The average molecular weight is 445 g/mol. The molecule has 0 saturated heterocycles. The number of aromatic nitrogens is 1. The van der Waals surface area contributed by atoms with E-state index >= 15 is 0 Å². The van der Waals surface area contributed by atoms with Gasteiger partial charge in [-0.25, -0.2) is 9.78 Å². The molecule has 1 heterocycles. The Hall–Kier alpha value is -2.54. The molecule has 0 saturated carbocycles. The second-order valence-corrected chi connectivity index (χ2v) is 9.57. The quantitative estimate of drug-likeness (QED) is 0.260. The largest absolute Gasteiger partial charge is 0.444 e. The number of anilines is 1. The van der Waals surface area contributed by atoms with Crippen LogP contribution in [0.1, 0.15) is 53.9 Å². The lowest BCUT2D eigenvalue weighted by Crippen LogP contribution is -2.48. The van der Waals surface area contributed by atoms with Gasteiger partial charge in [0.2, 0.25) is 0 Å². The van der Waals surface area contributed by atoms with Gasteiger partial charge in [-0.05, 0) is 58.4 Å². The fourth-order valence-electron chi connectivity index (χ4n) is 3.00. The minimum absolute atomic E-state index is 0.151. The standard InChI is InChI=1S/C24H36N4O2S/c1-8-9-10-14-28(23(29)30-24(4,5)6)19(3)27(7)15-13-18(2)26-20-11-12-22-21(16-20)25-17-31-22/h11-13,15-17,19,26H,2,8-10,14H2,1,3-7H3/b15-13-. The molecule has 0 aliphatic heterocycles. The fraction of sp³-hybridized carbons (Fsp3) is 0.500. The van der Waals surface area contributed by atoms with Crippen LogP contribution in [0, 0.1) is 0 Å². The summed E-state index contributed by atoms with van der Waals surface area (Å²) < 4.78 is 6.79. The number of fused-ring (bicyclic) bond motifs is 1. The highest BCUT2D eigenvalue weighted by atomic mass is 32.1. The zero-order valence-corrected chi connectivity index (χ0v) is 20.5. The number of carbonyl (C=O) groups excluding carboxylic acids is 1. The van der Waals surface area contributed by atoms with Crippen molar-refractivity contribution in [2.24, 2.45) is 0 Å². The van der Waals surface area contributed by atoms with Gasteiger partial charge in [-0.2, -0.15) is 0 Å². The van der Waals surface area contributed by atoms with Crippen LogP contribution < -0.4 is 5.32 Å². The molecule has 0 fully saturated rings. The van der Waals surface area contributed by atoms with Crippen molar-refractivity contribution in [3.05, 3.63) is 48.3 Å². The van der Waals surface area contributed by atoms with Crippen molar-refractivity contribution in [3.8, 4) is 0 Å². The van der Waals surface area contributed by atoms with E-state index in [2.05, 4.69) is 29.9 Å². The summed E-state index contributed by atoms with van der Waals surface area (Å²) in [6.07, 6.45) is 6.53. The second kappa shape index (κ2) is 11.2. The van der Waals surface area contributed by atoms with Crippen molar-refractivity contribution in [1.82, 2.24) is 14.8 Å². The first kappa shape index (κ1) is 24.7. The third kappa shape index (κ3) is 7.90. The van der Waals surface area contributed by atoms with Gasteiger partial charge in [0.1, 0.15) is 11.8 Å². The number of unbranched alkanes of at least 4 members (excludes halogenated alkanes) is 2. The van der Waals surface area contributed by atoms with E-state index in [4.69, 9.17) is 4.74 Å². The van der Waals surface area contributed by atoms with Gasteiger partial charge in [0.25, 0.3) is 0 Å². The summed E-state index contributed by atoms with van der Waals surface area (Å²) in [5, 5.41) is 3.29.